The van der Waals surface area contributed by atoms with Crippen LogP contribution < -0.4 is 5.32 Å². The molecule has 0 saturated carbocycles. The van der Waals surface area contributed by atoms with Crippen LogP contribution in [0.3, 0.4) is 0 Å². The second kappa shape index (κ2) is 6.88. The van der Waals surface area contributed by atoms with Crippen molar-refractivity contribution in [1.29, 1.82) is 0 Å². The maximum atomic E-state index is 13.0. The van der Waals surface area contributed by atoms with Crippen LogP contribution in [0.15, 0.2) is 47.1 Å². The average Bonchev–Trinajstić information content (AvgIpc) is 3.16. The summed E-state index contributed by atoms with van der Waals surface area (Å²) in [6, 6.07) is 9.36. The van der Waals surface area contributed by atoms with Crippen LogP contribution in [0, 0.1) is 12.7 Å². The van der Waals surface area contributed by atoms with Gasteiger partial charge in [-0.05, 0) is 43.3 Å². The summed E-state index contributed by atoms with van der Waals surface area (Å²) in [7, 11) is 0. The highest BCUT2D eigenvalue weighted by atomic mass is 35.5. The predicted molar refractivity (Wildman–Crippen MR) is 88.0 cm³/mol. The van der Waals surface area contributed by atoms with Gasteiger partial charge in [0, 0.05) is 13.0 Å². The third-order valence-electron chi connectivity index (χ3n) is 3.54. The smallest absolute Gasteiger partial charge is 0.256 e. The fourth-order valence-electron chi connectivity index (χ4n) is 2.35. The van der Waals surface area contributed by atoms with E-state index in [-0.39, 0.29) is 16.9 Å². The van der Waals surface area contributed by atoms with Crippen LogP contribution in [0.5, 0.6) is 0 Å². The molecule has 3 aromatic rings. The monoisotopic (exact) mass is 347 g/mol. The second-order valence-electron chi connectivity index (χ2n) is 5.22. The van der Waals surface area contributed by atoms with E-state index in [4.69, 9.17) is 16.0 Å². The lowest BCUT2D eigenvalue weighted by Crippen LogP contribution is -2.26. The van der Waals surface area contributed by atoms with Gasteiger partial charge in [-0.2, -0.15) is 5.10 Å². The topological polar surface area (TPSA) is 60.1 Å². The van der Waals surface area contributed by atoms with E-state index in [2.05, 4.69) is 10.4 Å². The summed E-state index contributed by atoms with van der Waals surface area (Å²) in [5, 5.41) is 7.26. The molecule has 0 bridgehead atoms. The third kappa shape index (κ3) is 3.33. The molecule has 1 aromatic carbocycles. The van der Waals surface area contributed by atoms with Gasteiger partial charge in [0.1, 0.15) is 16.7 Å². The van der Waals surface area contributed by atoms with Crippen molar-refractivity contribution in [2.24, 2.45) is 0 Å². The number of hydrogen-bond acceptors (Lipinski definition) is 3. The quantitative estimate of drug-likeness (QED) is 0.768. The van der Waals surface area contributed by atoms with Gasteiger partial charge in [-0.1, -0.05) is 11.6 Å². The molecule has 0 radical (unpaired) electrons. The number of rotatable bonds is 5. The second-order valence-corrected chi connectivity index (χ2v) is 5.58. The summed E-state index contributed by atoms with van der Waals surface area (Å²) in [6.07, 6.45) is 2.17. The number of nitrogens with one attached hydrogen (secondary N) is 1. The van der Waals surface area contributed by atoms with Crippen LogP contribution in [0.1, 0.15) is 21.8 Å². The van der Waals surface area contributed by atoms with Crippen molar-refractivity contribution < 1.29 is 13.6 Å². The summed E-state index contributed by atoms with van der Waals surface area (Å²) in [5.41, 5.74) is 1.39. The van der Waals surface area contributed by atoms with Crippen LogP contribution in [0.25, 0.3) is 5.69 Å². The molecule has 0 spiro atoms. The summed E-state index contributed by atoms with van der Waals surface area (Å²) < 4.78 is 19.7. The molecule has 3 rings (SSSR count). The van der Waals surface area contributed by atoms with E-state index < -0.39 is 0 Å². The summed E-state index contributed by atoms with van der Waals surface area (Å²) >= 11 is 6.30. The highest BCUT2D eigenvalue weighted by Gasteiger charge is 2.20. The number of amides is 1. The number of carbonyl (C=O) groups excluding carboxylic acids is 1. The zero-order valence-electron chi connectivity index (χ0n) is 12.9. The van der Waals surface area contributed by atoms with Crippen molar-refractivity contribution in [1.82, 2.24) is 15.1 Å². The Kier molecular flexibility index (Phi) is 4.66. The zero-order chi connectivity index (χ0) is 17.1. The van der Waals surface area contributed by atoms with Gasteiger partial charge in [-0.3, -0.25) is 4.79 Å². The Morgan fingerprint density at radius 2 is 2.08 bits per heavy atom. The number of hydrogen-bond donors (Lipinski definition) is 1. The van der Waals surface area contributed by atoms with E-state index in [9.17, 15) is 9.18 Å². The maximum Gasteiger partial charge on any atom is 0.256 e. The minimum absolute atomic E-state index is 0.189. The Morgan fingerprint density at radius 3 is 2.75 bits per heavy atom. The fourth-order valence-corrected chi connectivity index (χ4v) is 2.71. The molecule has 1 amide bonds. The lowest BCUT2D eigenvalue weighted by atomic mass is 10.2. The van der Waals surface area contributed by atoms with Gasteiger partial charge in [0.15, 0.2) is 0 Å². The van der Waals surface area contributed by atoms with Crippen LogP contribution >= 0.6 is 11.6 Å². The Balaban J connectivity index is 1.75. The van der Waals surface area contributed by atoms with Gasteiger partial charge < -0.3 is 9.73 Å². The standard InChI is InChI=1S/C17H15ClFN3O2/c1-11-15(17(23)20-9-8-14-3-2-10-24-14)16(18)22(21-11)13-6-4-12(19)5-7-13/h2-7,10H,8-9H2,1H3,(H,20,23). The molecular formula is C17H15ClFN3O2. The molecule has 2 aromatic heterocycles. The highest BCUT2D eigenvalue weighted by Crippen LogP contribution is 2.23. The van der Waals surface area contributed by atoms with Crippen molar-refractivity contribution in [3.8, 4) is 5.69 Å². The van der Waals surface area contributed by atoms with E-state index in [0.717, 1.165) is 5.76 Å². The first-order valence-electron chi connectivity index (χ1n) is 7.38. The van der Waals surface area contributed by atoms with Gasteiger partial charge in [-0.15, -0.1) is 0 Å². The van der Waals surface area contributed by atoms with Crippen LogP contribution in [0.2, 0.25) is 5.15 Å². The van der Waals surface area contributed by atoms with Gasteiger partial charge >= 0.3 is 0 Å². The molecule has 0 aliphatic rings. The number of benzene rings is 1. The molecule has 0 unspecified atom stereocenters. The van der Waals surface area contributed by atoms with Crippen molar-refractivity contribution in [2.45, 2.75) is 13.3 Å². The molecule has 0 fully saturated rings. The van der Waals surface area contributed by atoms with Crippen molar-refractivity contribution in [3.63, 3.8) is 0 Å². The minimum atomic E-state index is -0.352. The molecule has 0 aliphatic carbocycles. The molecule has 1 N–H and O–H groups in total. The van der Waals surface area contributed by atoms with Gasteiger partial charge in [0.05, 0.1) is 23.2 Å². The normalized spacial score (nSPS) is 10.8. The Bertz CT molecular complexity index is 842. The summed E-state index contributed by atoms with van der Waals surface area (Å²) in [4.78, 5) is 12.4. The first kappa shape index (κ1) is 16.3. The number of halogens is 2. The zero-order valence-corrected chi connectivity index (χ0v) is 13.7. The largest absolute Gasteiger partial charge is 0.469 e. The maximum absolute atomic E-state index is 13.0. The van der Waals surface area contributed by atoms with E-state index >= 15 is 0 Å². The Morgan fingerprint density at radius 1 is 1.33 bits per heavy atom. The lowest BCUT2D eigenvalue weighted by molar-refractivity contribution is 0.0953. The van der Waals surface area contributed by atoms with E-state index in [1.807, 2.05) is 6.07 Å². The molecule has 124 valence electrons. The van der Waals surface area contributed by atoms with Gasteiger partial charge in [-0.25, -0.2) is 9.07 Å². The molecule has 0 saturated heterocycles. The summed E-state index contributed by atoms with van der Waals surface area (Å²) in [6.45, 7) is 2.12. The number of aryl methyl sites for hydroxylation is 1. The molecule has 5 nitrogen and oxygen atoms in total. The van der Waals surface area contributed by atoms with Crippen molar-refractivity contribution in [2.75, 3.05) is 6.54 Å². The highest BCUT2D eigenvalue weighted by molar-refractivity contribution is 6.33. The summed E-state index contributed by atoms with van der Waals surface area (Å²) in [5.74, 6) is 0.132. The van der Waals surface area contributed by atoms with E-state index in [1.165, 1.54) is 16.8 Å². The van der Waals surface area contributed by atoms with Gasteiger partial charge in [0.25, 0.3) is 5.91 Å². The van der Waals surface area contributed by atoms with Crippen molar-refractivity contribution >= 4 is 17.5 Å². The number of nitrogens with zero attached hydrogens (tertiary/aromatic N) is 2. The minimum Gasteiger partial charge on any atom is -0.469 e. The van der Waals surface area contributed by atoms with E-state index in [1.54, 1.807) is 31.4 Å². The molecule has 24 heavy (non-hydrogen) atoms. The number of carbonyl (C=O) groups is 1. The molecule has 2 heterocycles. The first-order chi connectivity index (χ1) is 11.6. The van der Waals surface area contributed by atoms with Crippen LogP contribution in [-0.4, -0.2) is 22.2 Å². The average molecular weight is 348 g/mol. The van der Waals surface area contributed by atoms with Crippen LogP contribution in [0.4, 0.5) is 4.39 Å². The Labute approximate surface area is 143 Å². The lowest BCUT2D eigenvalue weighted by Gasteiger charge is -2.05. The molecule has 0 aliphatic heterocycles. The predicted octanol–water partition coefficient (Wildman–Crippen LogP) is 3.54. The van der Waals surface area contributed by atoms with Crippen LogP contribution in [-0.2, 0) is 6.42 Å². The fraction of sp³-hybridized carbons (Fsp3) is 0.176. The first-order valence-corrected chi connectivity index (χ1v) is 7.75. The SMILES string of the molecule is Cc1nn(-c2ccc(F)cc2)c(Cl)c1C(=O)NCCc1ccco1. The molecule has 0 atom stereocenters. The third-order valence-corrected chi connectivity index (χ3v) is 3.89. The van der Waals surface area contributed by atoms with Crippen molar-refractivity contribution in [3.05, 3.63) is 70.6 Å². The van der Waals surface area contributed by atoms with E-state index in [0.29, 0.717) is 29.9 Å². The Hall–Kier alpha value is -2.60. The number of aromatic nitrogens is 2. The molecular weight excluding hydrogens is 333 g/mol. The number of furan rings is 1. The van der Waals surface area contributed by atoms with Gasteiger partial charge in [0.2, 0.25) is 0 Å². The molecule has 7 heteroatoms.